The van der Waals surface area contributed by atoms with E-state index in [1.807, 2.05) is 0 Å². The third kappa shape index (κ3) is 2.36. The monoisotopic (exact) mass is 281 g/mol. The molecule has 0 aliphatic heterocycles. The van der Waals surface area contributed by atoms with Crippen molar-refractivity contribution in [2.45, 2.75) is 0 Å². The highest BCUT2D eigenvalue weighted by Gasteiger charge is 2.11. The van der Waals surface area contributed by atoms with Gasteiger partial charge in [0.25, 0.3) is 0 Å². The Balaban J connectivity index is 3.23. The molecule has 13 heavy (non-hydrogen) atoms. The molecule has 0 saturated heterocycles. The maximum atomic E-state index is 11.2. The molecule has 70 valence electrons. The first-order chi connectivity index (χ1) is 6.06. The first-order valence-electron chi connectivity index (χ1n) is 3.40. The van der Waals surface area contributed by atoms with Gasteiger partial charge in [-0.1, -0.05) is 11.6 Å². The van der Waals surface area contributed by atoms with Crippen molar-refractivity contribution in [3.8, 4) is 0 Å². The number of nitrogen functional groups attached to an aromatic ring is 1. The molecule has 1 aromatic carbocycles. The van der Waals surface area contributed by atoms with E-state index < -0.39 is 0 Å². The Bertz CT molecular complexity index is 354. The van der Waals surface area contributed by atoms with Gasteiger partial charge in [-0.15, -0.1) is 11.6 Å². The van der Waals surface area contributed by atoms with E-state index >= 15 is 0 Å². The van der Waals surface area contributed by atoms with E-state index in [4.69, 9.17) is 28.9 Å². The quantitative estimate of drug-likeness (QED) is 0.515. The zero-order chi connectivity index (χ0) is 10.0. The van der Waals surface area contributed by atoms with Crippen LogP contribution in [-0.4, -0.2) is 11.7 Å². The number of nitrogens with two attached hydrogens (primary N) is 1. The lowest BCUT2D eigenvalue weighted by Gasteiger charge is -2.04. The lowest BCUT2D eigenvalue weighted by molar-refractivity contribution is 0.102. The number of carbonyl (C=O) groups excluding carboxylic acids is 1. The molecule has 2 N–H and O–H groups in total. The van der Waals surface area contributed by atoms with Crippen molar-refractivity contribution in [3.63, 3.8) is 0 Å². The minimum atomic E-state index is -0.185. The van der Waals surface area contributed by atoms with Crippen molar-refractivity contribution in [2.75, 3.05) is 11.6 Å². The zero-order valence-corrected chi connectivity index (χ0v) is 9.58. The van der Waals surface area contributed by atoms with Crippen LogP contribution in [0.2, 0.25) is 5.02 Å². The van der Waals surface area contributed by atoms with Crippen molar-refractivity contribution in [1.82, 2.24) is 0 Å². The molecule has 0 heterocycles. The largest absolute Gasteiger partial charge is 0.397 e. The van der Waals surface area contributed by atoms with Crippen molar-refractivity contribution in [2.24, 2.45) is 0 Å². The highest BCUT2D eigenvalue weighted by atomic mass is 79.9. The average molecular weight is 283 g/mol. The Morgan fingerprint density at radius 3 is 2.69 bits per heavy atom. The lowest BCUT2D eigenvalue weighted by atomic mass is 10.1. The topological polar surface area (TPSA) is 43.1 Å². The lowest BCUT2D eigenvalue weighted by Crippen LogP contribution is -2.02. The summed E-state index contributed by atoms with van der Waals surface area (Å²) in [6.45, 7) is 0. The van der Waals surface area contributed by atoms with Crippen LogP contribution in [0.25, 0.3) is 0 Å². The molecule has 0 atom stereocenters. The van der Waals surface area contributed by atoms with Crippen molar-refractivity contribution >= 4 is 50.6 Å². The third-order valence-corrected chi connectivity index (χ3v) is 2.73. The smallest absolute Gasteiger partial charge is 0.178 e. The molecule has 0 bridgehead atoms. The van der Waals surface area contributed by atoms with Crippen LogP contribution in [0.15, 0.2) is 16.6 Å². The molecule has 0 aromatic heterocycles. The molecule has 0 saturated carbocycles. The molecule has 1 aromatic rings. The van der Waals surface area contributed by atoms with Gasteiger partial charge in [0, 0.05) is 10.0 Å². The second kappa shape index (κ2) is 4.31. The van der Waals surface area contributed by atoms with Crippen LogP contribution in [-0.2, 0) is 0 Å². The summed E-state index contributed by atoms with van der Waals surface area (Å²) in [7, 11) is 0. The summed E-state index contributed by atoms with van der Waals surface area (Å²) in [6, 6.07) is 3.09. The molecule has 2 nitrogen and oxygen atoms in total. The van der Waals surface area contributed by atoms with Crippen LogP contribution in [0.4, 0.5) is 5.69 Å². The van der Waals surface area contributed by atoms with E-state index in [9.17, 15) is 4.79 Å². The molecule has 0 aliphatic carbocycles. The molecule has 0 fully saturated rings. The summed E-state index contributed by atoms with van der Waals surface area (Å²) < 4.78 is 0.611. The number of hydrogen-bond acceptors (Lipinski definition) is 2. The van der Waals surface area contributed by atoms with E-state index in [-0.39, 0.29) is 11.7 Å². The summed E-state index contributed by atoms with van der Waals surface area (Å²) in [5.41, 5.74) is 6.41. The number of benzene rings is 1. The van der Waals surface area contributed by atoms with Crippen LogP contribution >= 0.6 is 39.1 Å². The fourth-order valence-electron chi connectivity index (χ4n) is 0.848. The van der Waals surface area contributed by atoms with Gasteiger partial charge in [0.1, 0.15) is 0 Å². The highest BCUT2D eigenvalue weighted by molar-refractivity contribution is 9.10. The van der Waals surface area contributed by atoms with Crippen molar-refractivity contribution < 1.29 is 4.79 Å². The molecule has 0 aliphatic rings. The van der Waals surface area contributed by atoms with E-state index in [1.54, 1.807) is 6.07 Å². The van der Waals surface area contributed by atoms with Gasteiger partial charge in [0.05, 0.1) is 16.6 Å². The summed E-state index contributed by atoms with van der Waals surface area (Å²) in [5, 5.41) is 0.358. The molecule has 0 unspecified atom stereocenters. The van der Waals surface area contributed by atoms with Gasteiger partial charge in [0.2, 0.25) is 0 Å². The van der Waals surface area contributed by atoms with Gasteiger partial charge in [0.15, 0.2) is 5.78 Å². The Kier molecular flexibility index (Phi) is 3.59. The molecular formula is C8H6BrCl2NO. The van der Waals surface area contributed by atoms with E-state index in [0.29, 0.717) is 20.7 Å². The first kappa shape index (κ1) is 10.8. The van der Waals surface area contributed by atoms with Crippen LogP contribution in [0.1, 0.15) is 10.4 Å². The standard InChI is InChI=1S/C8H6BrCl2NO/c9-5-2-7(12)6(11)1-4(5)8(13)3-10/h1-2H,3,12H2. The SMILES string of the molecule is Nc1cc(Br)c(C(=O)CCl)cc1Cl. The Morgan fingerprint density at radius 2 is 2.15 bits per heavy atom. The number of halogens is 3. The van der Waals surface area contributed by atoms with Gasteiger partial charge in [-0.3, -0.25) is 4.79 Å². The number of hydrogen-bond donors (Lipinski definition) is 1. The summed E-state index contributed by atoms with van der Waals surface area (Å²) in [4.78, 5) is 11.2. The second-order valence-electron chi connectivity index (χ2n) is 2.41. The van der Waals surface area contributed by atoms with Crippen molar-refractivity contribution in [3.05, 3.63) is 27.2 Å². The number of carbonyl (C=O) groups is 1. The summed E-state index contributed by atoms with van der Waals surface area (Å²) in [6.07, 6.45) is 0. The highest BCUT2D eigenvalue weighted by Crippen LogP contribution is 2.27. The predicted octanol–water partition coefficient (Wildman–Crippen LogP) is 3.11. The van der Waals surface area contributed by atoms with Gasteiger partial charge >= 0.3 is 0 Å². The summed E-state index contributed by atoms with van der Waals surface area (Å²) in [5.74, 6) is -0.255. The number of Topliss-reactive ketones (excluding diaryl/α,β-unsaturated/α-hetero) is 1. The van der Waals surface area contributed by atoms with Gasteiger partial charge in [-0.05, 0) is 28.1 Å². The molecule has 1 rings (SSSR count). The predicted molar refractivity (Wildman–Crippen MR) is 58.6 cm³/mol. The van der Waals surface area contributed by atoms with Gasteiger partial charge in [-0.2, -0.15) is 0 Å². The molecular weight excluding hydrogens is 277 g/mol. The van der Waals surface area contributed by atoms with Crippen LogP contribution < -0.4 is 5.73 Å². The fraction of sp³-hybridized carbons (Fsp3) is 0.125. The van der Waals surface area contributed by atoms with E-state index in [0.717, 1.165) is 0 Å². The minimum absolute atomic E-state index is 0.0706. The molecule has 5 heteroatoms. The fourth-order valence-corrected chi connectivity index (χ4v) is 1.74. The summed E-state index contributed by atoms with van der Waals surface area (Å²) >= 11 is 14.4. The van der Waals surface area contributed by atoms with E-state index in [1.165, 1.54) is 6.07 Å². The maximum Gasteiger partial charge on any atom is 0.178 e. The molecule has 0 spiro atoms. The van der Waals surface area contributed by atoms with Gasteiger partial charge < -0.3 is 5.73 Å². The van der Waals surface area contributed by atoms with Gasteiger partial charge in [-0.25, -0.2) is 0 Å². The second-order valence-corrected chi connectivity index (χ2v) is 3.94. The number of alkyl halides is 1. The van der Waals surface area contributed by atoms with E-state index in [2.05, 4.69) is 15.9 Å². The minimum Gasteiger partial charge on any atom is -0.397 e. The van der Waals surface area contributed by atoms with Crippen molar-refractivity contribution in [1.29, 1.82) is 0 Å². The number of anilines is 1. The number of ketones is 1. The Hall–Kier alpha value is -0.250. The van der Waals surface area contributed by atoms with Crippen LogP contribution in [0.3, 0.4) is 0 Å². The van der Waals surface area contributed by atoms with Crippen LogP contribution in [0, 0.1) is 0 Å². The molecule has 0 amide bonds. The first-order valence-corrected chi connectivity index (χ1v) is 5.10. The average Bonchev–Trinajstić information content (AvgIpc) is 2.10. The molecule has 0 radical (unpaired) electrons. The van der Waals surface area contributed by atoms with Crippen LogP contribution in [0.5, 0.6) is 0 Å². The number of rotatable bonds is 2. The normalized spacial score (nSPS) is 10.1. The third-order valence-electron chi connectivity index (χ3n) is 1.51. The Labute approximate surface area is 94.1 Å². The maximum absolute atomic E-state index is 11.2. The zero-order valence-electron chi connectivity index (χ0n) is 6.48. The Morgan fingerprint density at radius 1 is 1.54 bits per heavy atom.